The molecule has 0 fully saturated rings. The number of nitrogens with one attached hydrogen (secondary N) is 1. The van der Waals surface area contributed by atoms with Crippen LogP contribution in [-0.2, 0) is 17.8 Å². The van der Waals surface area contributed by atoms with Crippen LogP contribution in [0.4, 0.5) is 5.69 Å². The minimum atomic E-state index is -0.226. The van der Waals surface area contributed by atoms with Crippen molar-refractivity contribution >= 4 is 11.6 Å². The van der Waals surface area contributed by atoms with Crippen LogP contribution in [0, 0.1) is 0 Å². The molecule has 0 saturated heterocycles. The van der Waals surface area contributed by atoms with E-state index >= 15 is 0 Å². The van der Waals surface area contributed by atoms with Crippen molar-refractivity contribution < 1.29 is 14.3 Å². The summed E-state index contributed by atoms with van der Waals surface area (Å²) in [6.07, 6.45) is 0.954. The lowest BCUT2D eigenvalue weighted by molar-refractivity contribution is -0.117. The van der Waals surface area contributed by atoms with Gasteiger partial charge < -0.3 is 14.8 Å². The molecule has 8 nitrogen and oxygen atoms in total. The summed E-state index contributed by atoms with van der Waals surface area (Å²) >= 11 is 0. The standard InChI is InChI=1S/C19H21N5O3/c1-4-13-5-8-15(9-6-13)20-18(25)12-24-22-19(21-23-24)14-7-10-16(26-2)17(11-14)27-3/h5-11H,4,12H2,1-3H3,(H,20,25). The summed E-state index contributed by atoms with van der Waals surface area (Å²) in [5.41, 5.74) is 2.66. The van der Waals surface area contributed by atoms with Crippen molar-refractivity contribution in [1.82, 2.24) is 20.2 Å². The van der Waals surface area contributed by atoms with E-state index in [9.17, 15) is 4.79 Å². The van der Waals surface area contributed by atoms with Gasteiger partial charge in [0, 0.05) is 11.3 Å². The summed E-state index contributed by atoms with van der Waals surface area (Å²) in [6.45, 7) is 2.05. The van der Waals surface area contributed by atoms with Gasteiger partial charge in [-0.2, -0.15) is 4.80 Å². The molecule has 140 valence electrons. The molecular weight excluding hydrogens is 346 g/mol. The summed E-state index contributed by atoms with van der Waals surface area (Å²) in [5.74, 6) is 1.35. The van der Waals surface area contributed by atoms with Crippen LogP contribution >= 0.6 is 0 Å². The predicted octanol–water partition coefficient (Wildman–Crippen LogP) is 2.56. The Kier molecular flexibility index (Phi) is 5.65. The predicted molar refractivity (Wildman–Crippen MR) is 101 cm³/mol. The largest absolute Gasteiger partial charge is 0.493 e. The number of rotatable bonds is 7. The number of anilines is 1. The SMILES string of the molecule is CCc1ccc(NC(=O)Cn2nnc(-c3ccc(OC)c(OC)c3)n2)cc1. The second-order valence-corrected chi connectivity index (χ2v) is 5.81. The third-order valence-corrected chi connectivity index (χ3v) is 4.03. The Morgan fingerprint density at radius 3 is 2.48 bits per heavy atom. The van der Waals surface area contributed by atoms with Gasteiger partial charge in [-0.15, -0.1) is 10.2 Å². The zero-order valence-electron chi connectivity index (χ0n) is 15.5. The van der Waals surface area contributed by atoms with Crippen LogP contribution < -0.4 is 14.8 Å². The molecule has 0 bridgehead atoms. The Bertz CT molecular complexity index is 921. The van der Waals surface area contributed by atoms with Crippen molar-refractivity contribution in [2.45, 2.75) is 19.9 Å². The van der Waals surface area contributed by atoms with Gasteiger partial charge in [0.2, 0.25) is 11.7 Å². The van der Waals surface area contributed by atoms with Gasteiger partial charge in [0.05, 0.1) is 14.2 Å². The zero-order valence-corrected chi connectivity index (χ0v) is 15.5. The maximum absolute atomic E-state index is 12.2. The number of aromatic nitrogens is 4. The smallest absolute Gasteiger partial charge is 0.248 e. The molecule has 3 rings (SSSR count). The highest BCUT2D eigenvalue weighted by Gasteiger charge is 2.12. The average molecular weight is 367 g/mol. The maximum atomic E-state index is 12.2. The third-order valence-electron chi connectivity index (χ3n) is 4.03. The molecule has 3 aromatic rings. The summed E-state index contributed by atoms with van der Waals surface area (Å²) in [6, 6.07) is 13.0. The molecule has 0 saturated carbocycles. The molecule has 0 atom stereocenters. The van der Waals surface area contributed by atoms with Gasteiger partial charge in [-0.3, -0.25) is 4.79 Å². The normalized spacial score (nSPS) is 10.5. The molecule has 0 spiro atoms. The number of ether oxygens (including phenoxy) is 2. The minimum Gasteiger partial charge on any atom is -0.493 e. The van der Waals surface area contributed by atoms with Crippen LogP contribution in [0.3, 0.4) is 0 Å². The van der Waals surface area contributed by atoms with Crippen LogP contribution in [0.2, 0.25) is 0 Å². The van der Waals surface area contributed by atoms with Crippen LogP contribution in [0.1, 0.15) is 12.5 Å². The zero-order chi connectivity index (χ0) is 19.2. The van der Waals surface area contributed by atoms with Crippen molar-refractivity contribution in [2.75, 3.05) is 19.5 Å². The van der Waals surface area contributed by atoms with Crippen LogP contribution in [0.25, 0.3) is 11.4 Å². The molecule has 1 heterocycles. The number of tetrazole rings is 1. The van der Waals surface area contributed by atoms with Crippen molar-refractivity contribution in [3.63, 3.8) is 0 Å². The van der Waals surface area contributed by atoms with E-state index in [1.54, 1.807) is 32.4 Å². The van der Waals surface area contributed by atoms with Crippen molar-refractivity contribution in [3.05, 3.63) is 48.0 Å². The molecule has 1 aromatic heterocycles. The van der Waals surface area contributed by atoms with E-state index in [0.717, 1.165) is 17.7 Å². The fourth-order valence-electron chi connectivity index (χ4n) is 2.55. The van der Waals surface area contributed by atoms with Gasteiger partial charge in [0.1, 0.15) is 6.54 Å². The molecule has 27 heavy (non-hydrogen) atoms. The van der Waals surface area contributed by atoms with Gasteiger partial charge in [0.15, 0.2) is 11.5 Å². The van der Waals surface area contributed by atoms with E-state index in [4.69, 9.17) is 9.47 Å². The molecule has 1 amide bonds. The number of nitrogens with zero attached hydrogens (tertiary/aromatic N) is 4. The first-order chi connectivity index (χ1) is 13.1. The number of amides is 1. The Morgan fingerprint density at radius 2 is 1.81 bits per heavy atom. The molecule has 0 unspecified atom stereocenters. The molecule has 8 heteroatoms. The number of carbonyl (C=O) groups is 1. The minimum absolute atomic E-state index is 0.0319. The van der Waals surface area contributed by atoms with Crippen LogP contribution in [-0.4, -0.2) is 40.3 Å². The molecule has 0 aliphatic heterocycles. The van der Waals surface area contributed by atoms with Gasteiger partial charge >= 0.3 is 0 Å². The molecule has 0 aliphatic rings. The van der Waals surface area contributed by atoms with Gasteiger partial charge in [-0.05, 0) is 47.5 Å². The quantitative estimate of drug-likeness (QED) is 0.690. The summed E-state index contributed by atoms with van der Waals surface area (Å²) in [4.78, 5) is 13.4. The summed E-state index contributed by atoms with van der Waals surface area (Å²) < 4.78 is 10.5. The Hall–Kier alpha value is -3.42. The molecular formula is C19H21N5O3. The molecule has 2 aromatic carbocycles. The lowest BCUT2D eigenvalue weighted by Gasteiger charge is -2.07. The van der Waals surface area contributed by atoms with Gasteiger partial charge in [-0.1, -0.05) is 19.1 Å². The Balaban J connectivity index is 1.67. The van der Waals surface area contributed by atoms with E-state index in [2.05, 4.69) is 27.7 Å². The second kappa shape index (κ2) is 8.31. The highest BCUT2D eigenvalue weighted by Crippen LogP contribution is 2.30. The lowest BCUT2D eigenvalue weighted by atomic mass is 10.1. The van der Waals surface area contributed by atoms with E-state index < -0.39 is 0 Å². The first kappa shape index (κ1) is 18.4. The van der Waals surface area contributed by atoms with Crippen LogP contribution in [0.15, 0.2) is 42.5 Å². The van der Waals surface area contributed by atoms with E-state index in [1.807, 2.05) is 24.3 Å². The first-order valence-corrected chi connectivity index (χ1v) is 8.52. The Labute approximate surface area is 157 Å². The average Bonchev–Trinajstić information content (AvgIpc) is 3.16. The Morgan fingerprint density at radius 1 is 1.07 bits per heavy atom. The van der Waals surface area contributed by atoms with E-state index in [1.165, 1.54) is 10.4 Å². The summed E-state index contributed by atoms with van der Waals surface area (Å²) in [7, 11) is 3.13. The third kappa shape index (κ3) is 4.41. The van der Waals surface area contributed by atoms with Gasteiger partial charge in [0.25, 0.3) is 0 Å². The molecule has 0 aliphatic carbocycles. The van der Waals surface area contributed by atoms with Crippen molar-refractivity contribution in [3.8, 4) is 22.9 Å². The maximum Gasteiger partial charge on any atom is 0.248 e. The topological polar surface area (TPSA) is 91.2 Å². The number of methoxy groups -OCH3 is 2. The van der Waals surface area contributed by atoms with E-state index in [0.29, 0.717) is 17.3 Å². The number of hydrogen-bond acceptors (Lipinski definition) is 6. The number of carbonyl (C=O) groups excluding carboxylic acids is 1. The molecule has 0 radical (unpaired) electrons. The fraction of sp³-hybridized carbons (Fsp3) is 0.263. The van der Waals surface area contributed by atoms with Gasteiger partial charge in [-0.25, -0.2) is 0 Å². The second-order valence-electron chi connectivity index (χ2n) is 5.81. The van der Waals surface area contributed by atoms with Crippen molar-refractivity contribution in [1.29, 1.82) is 0 Å². The first-order valence-electron chi connectivity index (χ1n) is 8.52. The highest BCUT2D eigenvalue weighted by atomic mass is 16.5. The van der Waals surface area contributed by atoms with Crippen LogP contribution in [0.5, 0.6) is 11.5 Å². The van der Waals surface area contributed by atoms with E-state index in [-0.39, 0.29) is 12.5 Å². The highest BCUT2D eigenvalue weighted by molar-refractivity contribution is 5.90. The summed E-state index contributed by atoms with van der Waals surface area (Å²) in [5, 5.41) is 15.0. The van der Waals surface area contributed by atoms with Crippen molar-refractivity contribution in [2.24, 2.45) is 0 Å². The number of hydrogen-bond donors (Lipinski definition) is 1. The number of benzene rings is 2. The fourth-order valence-corrected chi connectivity index (χ4v) is 2.55. The monoisotopic (exact) mass is 367 g/mol. The number of aryl methyl sites for hydroxylation is 1. The lowest BCUT2D eigenvalue weighted by Crippen LogP contribution is -2.20. The molecule has 1 N–H and O–H groups in total.